The van der Waals surface area contributed by atoms with Crippen LogP contribution in [0.15, 0.2) is 18.2 Å². The van der Waals surface area contributed by atoms with Gasteiger partial charge in [0.2, 0.25) is 0 Å². The van der Waals surface area contributed by atoms with Crippen molar-refractivity contribution in [1.82, 2.24) is 16.0 Å². The first-order valence-electron chi connectivity index (χ1n) is 18.7. The molecular weight excluding hydrogens is 558 g/mol. The van der Waals surface area contributed by atoms with Gasteiger partial charge in [0.15, 0.2) is 0 Å². The fraction of sp³-hybridized carbons (Fsp3) is 0.769. The van der Waals surface area contributed by atoms with Crippen molar-refractivity contribution in [3.05, 3.63) is 34.9 Å². The summed E-state index contributed by atoms with van der Waals surface area (Å²) in [7, 11) is 0. The summed E-state index contributed by atoms with van der Waals surface area (Å²) in [5.41, 5.74) is 1.21. The van der Waals surface area contributed by atoms with E-state index in [4.69, 9.17) is 0 Å². The molecule has 3 aliphatic carbocycles. The van der Waals surface area contributed by atoms with E-state index in [1.54, 1.807) is 18.2 Å². The van der Waals surface area contributed by atoms with Crippen LogP contribution >= 0.6 is 0 Å². The van der Waals surface area contributed by atoms with Crippen molar-refractivity contribution in [1.29, 1.82) is 0 Å². The highest BCUT2D eigenvalue weighted by atomic mass is 16.2. The molecule has 6 nitrogen and oxygen atoms in total. The molecule has 3 fully saturated rings. The Morgan fingerprint density at radius 2 is 0.800 bits per heavy atom. The van der Waals surface area contributed by atoms with E-state index in [1.165, 1.54) is 19.3 Å². The Hall–Kier alpha value is -2.37. The van der Waals surface area contributed by atoms with Gasteiger partial charge in [0.25, 0.3) is 17.7 Å². The van der Waals surface area contributed by atoms with Gasteiger partial charge in [-0.1, -0.05) is 99.3 Å². The van der Waals surface area contributed by atoms with Crippen molar-refractivity contribution in [3.63, 3.8) is 0 Å². The Balaban J connectivity index is 1.52. The van der Waals surface area contributed by atoms with Crippen molar-refractivity contribution in [2.45, 2.75) is 156 Å². The van der Waals surface area contributed by atoms with Crippen molar-refractivity contribution in [2.24, 2.45) is 35.5 Å². The van der Waals surface area contributed by atoms with Crippen LogP contribution in [0.5, 0.6) is 0 Å². The smallest absolute Gasteiger partial charge is 0.251 e. The van der Waals surface area contributed by atoms with E-state index in [1.807, 2.05) is 0 Å². The van der Waals surface area contributed by atoms with Gasteiger partial charge in [-0.15, -0.1) is 0 Å². The van der Waals surface area contributed by atoms with Crippen LogP contribution in [0.1, 0.15) is 169 Å². The van der Waals surface area contributed by atoms with Crippen LogP contribution in [-0.2, 0) is 0 Å². The van der Waals surface area contributed by atoms with Crippen molar-refractivity contribution >= 4 is 17.7 Å². The largest absolute Gasteiger partial charge is 0.349 e. The number of nitrogens with one attached hydrogen (secondary N) is 3. The van der Waals surface area contributed by atoms with E-state index in [0.717, 1.165) is 77.0 Å². The lowest BCUT2D eigenvalue weighted by Gasteiger charge is -2.33. The second-order valence-electron chi connectivity index (χ2n) is 15.2. The lowest BCUT2D eigenvalue weighted by Crippen LogP contribution is -2.41. The van der Waals surface area contributed by atoms with Gasteiger partial charge >= 0.3 is 0 Å². The average molecular weight is 622 g/mol. The van der Waals surface area contributed by atoms with Crippen molar-refractivity contribution in [2.75, 3.05) is 0 Å². The Morgan fingerprint density at radius 3 is 1.04 bits per heavy atom. The molecule has 6 heteroatoms. The van der Waals surface area contributed by atoms with E-state index in [9.17, 15) is 14.4 Å². The summed E-state index contributed by atoms with van der Waals surface area (Å²) in [6.45, 7) is 13.7. The lowest BCUT2D eigenvalue weighted by atomic mass is 9.77. The molecule has 0 saturated heterocycles. The van der Waals surface area contributed by atoms with Gasteiger partial charge < -0.3 is 16.0 Å². The fourth-order valence-electron chi connectivity index (χ4n) is 8.45. The summed E-state index contributed by atoms with van der Waals surface area (Å²) < 4.78 is 0. The average Bonchev–Trinajstić information content (AvgIpc) is 3.07. The molecule has 0 heterocycles. The minimum atomic E-state index is -0.183. The number of carbonyl (C=O) groups excluding carboxylic acids is 3. The van der Waals surface area contributed by atoms with Gasteiger partial charge in [-0.2, -0.15) is 0 Å². The molecule has 3 aliphatic rings. The lowest BCUT2D eigenvalue weighted by molar-refractivity contribution is 0.0910. The highest BCUT2D eigenvalue weighted by Crippen LogP contribution is 2.34. The van der Waals surface area contributed by atoms with Crippen LogP contribution in [0.3, 0.4) is 0 Å². The molecule has 252 valence electrons. The van der Waals surface area contributed by atoms with E-state index in [2.05, 4.69) is 57.5 Å². The summed E-state index contributed by atoms with van der Waals surface area (Å²) >= 11 is 0. The molecule has 9 atom stereocenters. The predicted molar refractivity (Wildman–Crippen MR) is 184 cm³/mol. The van der Waals surface area contributed by atoms with Crippen LogP contribution in [0.25, 0.3) is 0 Å². The van der Waals surface area contributed by atoms with Crippen LogP contribution in [0.4, 0.5) is 0 Å². The molecule has 9 unspecified atom stereocenters. The van der Waals surface area contributed by atoms with Crippen molar-refractivity contribution in [3.8, 4) is 0 Å². The molecule has 0 aromatic heterocycles. The van der Waals surface area contributed by atoms with E-state index in [-0.39, 0.29) is 35.8 Å². The summed E-state index contributed by atoms with van der Waals surface area (Å²) in [6.07, 6.45) is 16.4. The normalized spacial score (nSPS) is 29.2. The maximum Gasteiger partial charge on any atom is 0.251 e. The molecule has 4 rings (SSSR count). The van der Waals surface area contributed by atoms with Gasteiger partial charge in [0, 0.05) is 34.8 Å². The maximum absolute atomic E-state index is 13.7. The molecule has 3 N–H and O–H groups in total. The summed E-state index contributed by atoms with van der Waals surface area (Å²) in [5.74, 6) is 3.25. The zero-order valence-corrected chi connectivity index (χ0v) is 29.3. The summed E-state index contributed by atoms with van der Waals surface area (Å²) in [6, 6.07) is 5.47. The number of carbonyl (C=O) groups is 3. The Bertz CT molecular complexity index is 984. The Labute approximate surface area is 274 Å². The molecule has 1 aromatic rings. The first-order valence-corrected chi connectivity index (χ1v) is 18.7. The summed E-state index contributed by atoms with van der Waals surface area (Å²) in [5, 5.41) is 9.86. The zero-order chi connectivity index (χ0) is 32.5. The summed E-state index contributed by atoms with van der Waals surface area (Å²) in [4.78, 5) is 41.1. The van der Waals surface area contributed by atoms with Gasteiger partial charge in [0.1, 0.15) is 0 Å². The topological polar surface area (TPSA) is 87.3 Å². The molecule has 3 saturated carbocycles. The van der Waals surface area contributed by atoms with E-state index in [0.29, 0.717) is 52.2 Å². The third kappa shape index (κ3) is 9.81. The monoisotopic (exact) mass is 621 g/mol. The van der Waals surface area contributed by atoms with E-state index >= 15 is 0 Å². The number of hydrogen-bond donors (Lipinski definition) is 3. The molecule has 0 radical (unpaired) electrons. The SMILES string of the molecule is CCC(C)C1CCCC(NC(=O)c2cc(C(=O)NC3CCCC(C(C)CC)C3)cc(C(=O)NC3CCCC(C(C)CC)C3)c2)C1. The second-order valence-corrected chi connectivity index (χ2v) is 15.2. The number of amides is 3. The predicted octanol–water partition coefficient (Wildman–Crippen LogP) is 8.69. The molecule has 1 aromatic carbocycles. The number of hydrogen-bond acceptors (Lipinski definition) is 3. The van der Waals surface area contributed by atoms with Gasteiger partial charge in [-0.3, -0.25) is 14.4 Å². The molecule has 0 bridgehead atoms. The first kappa shape index (κ1) is 35.5. The van der Waals surface area contributed by atoms with Crippen molar-refractivity contribution < 1.29 is 14.4 Å². The maximum atomic E-state index is 13.7. The third-order valence-electron chi connectivity index (χ3n) is 12.2. The minimum absolute atomic E-state index is 0.125. The highest BCUT2D eigenvalue weighted by Gasteiger charge is 2.30. The second kappa shape index (κ2) is 17.0. The first-order chi connectivity index (χ1) is 21.6. The third-order valence-corrected chi connectivity index (χ3v) is 12.2. The van der Waals surface area contributed by atoms with E-state index < -0.39 is 0 Å². The zero-order valence-electron chi connectivity index (χ0n) is 29.3. The Kier molecular flexibility index (Phi) is 13.4. The van der Waals surface area contributed by atoms with Crippen LogP contribution in [0.2, 0.25) is 0 Å². The molecule has 0 aliphatic heterocycles. The van der Waals surface area contributed by atoms with Gasteiger partial charge in [0.05, 0.1) is 0 Å². The van der Waals surface area contributed by atoms with Crippen LogP contribution < -0.4 is 16.0 Å². The van der Waals surface area contributed by atoms with Crippen LogP contribution in [-0.4, -0.2) is 35.8 Å². The van der Waals surface area contributed by atoms with Crippen LogP contribution in [0, 0.1) is 35.5 Å². The Morgan fingerprint density at radius 1 is 0.533 bits per heavy atom. The molecule has 45 heavy (non-hydrogen) atoms. The number of benzene rings is 1. The quantitative estimate of drug-likeness (QED) is 0.218. The fourth-order valence-corrected chi connectivity index (χ4v) is 8.45. The van der Waals surface area contributed by atoms with Gasteiger partial charge in [-0.25, -0.2) is 0 Å². The molecule has 3 amide bonds. The standard InChI is InChI=1S/C39H63N3O3/c1-7-25(4)28-13-10-16-34(22-28)40-37(43)31-19-32(38(44)41-35-17-11-14-29(23-35)26(5)8-2)21-33(20-31)39(45)42-36-18-12-15-30(24-36)27(6)9-3/h19-21,25-30,34-36H,7-18,22-24H2,1-6H3,(H,40,43)(H,41,44)(H,42,45). The van der Waals surface area contributed by atoms with Gasteiger partial charge in [-0.05, 0) is 92.2 Å². The molecule has 0 spiro atoms. The minimum Gasteiger partial charge on any atom is -0.349 e. The molecular formula is C39H63N3O3. The highest BCUT2D eigenvalue weighted by molar-refractivity contribution is 6.04. The number of rotatable bonds is 12.